The summed E-state index contributed by atoms with van der Waals surface area (Å²) in [6.45, 7) is 6.38. The number of rotatable bonds is 5. The van der Waals surface area contributed by atoms with Gasteiger partial charge in [-0.2, -0.15) is 0 Å². The maximum absolute atomic E-state index is 13.4. The van der Waals surface area contributed by atoms with Gasteiger partial charge >= 0.3 is 0 Å². The molecule has 2 atom stereocenters. The molecule has 118 valence electrons. The molecule has 0 heterocycles. The topological polar surface area (TPSA) is 81.4 Å². The molecular formula is C14H21FN2O3S. The van der Waals surface area contributed by atoms with Crippen LogP contribution in [0.15, 0.2) is 23.1 Å². The molecule has 0 aliphatic heterocycles. The Morgan fingerprint density at radius 1 is 1.48 bits per heavy atom. The summed E-state index contributed by atoms with van der Waals surface area (Å²) in [4.78, 5) is -0.224. The van der Waals surface area contributed by atoms with Crippen LogP contribution in [-0.4, -0.2) is 27.2 Å². The average molecular weight is 316 g/mol. The summed E-state index contributed by atoms with van der Waals surface area (Å²) < 4.78 is 46.3. The normalized spacial score (nSPS) is 24.6. The fourth-order valence-electron chi connectivity index (χ4n) is 2.57. The van der Waals surface area contributed by atoms with Crippen molar-refractivity contribution in [3.8, 4) is 0 Å². The van der Waals surface area contributed by atoms with Crippen LogP contribution in [0.4, 0.5) is 10.1 Å². The van der Waals surface area contributed by atoms with E-state index in [0.29, 0.717) is 13.0 Å². The second-order valence-electron chi connectivity index (χ2n) is 5.83. The predicted molar refractivity (Wildman–Crippen MR) is 78.7 cm³/mol. The van der Waals surface area contributed by atoms with Gasteiger partial charge < -0.3 is 10.5 Å². The van der Waals surface area contributed by atoms with Gasteiger partial charge in [0.25, 0.3) is 0 Å². The fraction of sp³-hybridized carbons (Fsp3) is 0.571. The van der Waals surface area contributed by atoms with Crippen LogP contribution < -0.4 is 10.5 Å². The van der Waals surface area contributed by atoms with Crippen LogP contribution in [-0.2, 0) is 14.8 Å². The number of nitrogens with one attached hydrogen (secondary N) is 1. The van der Waals surface area contributed by atoms with Gasteiger partial charge in [-0.15, -0.1) is 0 Å². The molecule has 21 heavy (non-hydrogen) atoms. The van der Waals surface area contributed by atoms with E-state index in [9.17, 15) is 12.8 Å². The van der Waals surface area contributed by atoms with Crippen LogP contribution in [0.2, 0.25) is 0 Å². The SMILES string of the molecule is CCOC1CC(NS(=O)(=O)c2cccc(F)c2N)C1(C)C. The Labute approximate surface area is 124 Å². The molecule has 0 aromatic heterocycles. The third-order valence-electron chi connectivity index (χ3n) is 4.15. The van der Waals surface area contributed by atoms with Crippen LogP contribution in [0.1, 0.15) is 27.2 Å². The number of nitrogens with two attached hydrogens (primary N) is 1. The number of hydrogen-bond donors (Lipinski definition) is 2. The second kappa shape index (κ2) is 5.55. The number of benzene rings is 1. The monoisotopic (exact) mass is 316 g/mol. The van der Waals surface area contributed by atoms with Crippen LogP contribution in [0.25, 0.3) is 0 Å². The zero-order valence-corrected chi connectivity index (χ0v) is 13.2. The minimum atomic E-state index is -3.85. The molecule has 1 aliphatic carbocycles. The highest BCUT2D eigenvalue weighted by molar-refractivity contribution is 7.89. The Balaban J connectivity index is 2.18. The summed E-state index contributed by atoms with van der Waals surface area (Å²) in [6.07, 6.45) is 0.606. The quantitative estimate of drug-likeness (QED) is 0.813. The van der Waals surface area contributed by atoms with Gasteiger partial charge in [-0.25, -0.2) is 17.5 Å². The molecule has 3 N–H and O–H groups in total. The van der Waals surface area contributed by atoms with E-state index in [-0.39, 0.29) is 28.1 Å². The van der Waals surface area contributed by atoms with E-state index in [2.05, 4.69) is 4.72 Å². The first-order chi connectivity index (χ1) is 9.70. The number of sulfonamides is 1. The molecule has 1 aliphatic rings. The van der Waals surface area contributed by atoms with Gasteiger partial charge in [-0.05, 0) is 25.5 Å². The lowest BCUT2D eigenvalue weighted by molar-refractivity contribution is -0.108. The zero-order chi connectivity index (χ0) is 15.8. The molecule has 0 amide bonds. The van der Waals surface area contributed by atoms with Crippen molar-refractivity contribution < 1.29 is 17.5 Å². The number of para-hydroxylation sites is 1. The first kappa shape index (κ1) is 16.2. The molecule has 0 spiro atoms. The Morgan fingerprint density at radius 3 is 2.71 bits per heavy atom. The van der Waals surface area contributed by atoms with Crippen molar-refractivity contribution in [1.82, 2.24) is 4.72 Å². The summed E-state index contributed by atoms with van der Waals surface area (Å²) >= 11 is 0. The third kappa shape index (κ3) is 2.90. The average Bonchev–Trinajstić information content (AvgIpc) is 2.40. The first-order valence-corrected chi connectivity index (χ1v) is 8.36. The lowest BCUT2D eigenvalue weighted by Gasteiger charge is -2.51. The number of anilines is 1. The summed E-state index contributed by atoms with van der Waals surface area (Å²) in [5.74, 6) is -0.738. The van der Waals surface area contributed by atoms with E-state index in [1.54, 1.807) is 0 Å². The summed E-state index contributed by atoms with van der Waals surface area (Å²) in [6, 6.07) is 3.50. The highest BCUT2D eigenvalue weighted by Gasteiger charge is 2.50. The molecule has 5 nitrogen and oxygen atoms in total. The lowest BCUT2D eigenvalue weighted by atomic mass is 9.65. The van der Waals surface area contributed by atoms with Crippen molar-refractivity contribution in [2.24, 2.45) is 5.41 Å². The smallest absolute Gasteiger partial charge is 0.242 e. The lowest BCUT2D eigenvalue weighted by Crippen LogP contribution is -2.61. The molecule has 1 aromatic carbocycles. The Bertz CT molecular complexity index is 631. The maximum Gasteiger partial charge on any atom is 0.242 e. The summed E-state index contributed by atoms with van der Waals surface area (Å²) in [5.41, 5.74) is 4.86. The zero-order valence-electron chi connectivity index (χ0n) is 12.4. The minimum absolute atomic E-state index is 0.0139. The molecular weight excluding hydrogens is 295 g/mol. The van der Waals surface area contributed by atoms with Crippen molar-refractivity contribution in [2.75, 3.05) is 12.3 Å². The minimum Gasteiger partial charge on any atom is -0.395 e. The number of halogens is 1. The largest absolute Gasteiger partial charge is 0.395 e. The van der Waals surface area contributed by atoms with Crippen LogP contribution in [0.3, 0.4) is 0 Å². The summed E-state index contributed by atoms with van der Waals surface area (Å²) in [5, 5.41) is 0. The van der Waals surface area contributed by atoms with Gasteiger partial charge in [0.15, 0.2) is 0 Å². The Hall–Kier alpha value is -1.18. The van der Waals surface area contributed by atoms with E-state index in [0.717, 1.165) is 6.07 Å². The molecule has 7 heteroatoms. The van der Waals surface area contributed by atoms with Gasteiger partial charge in [0.2, 0.25) is 10.0 Å². The van der Waals surface area contributed by atoms with Crippen molar-refractivity contribution >= 4 is 15.7 Å². The Kier molecular flexibility index (Phi) is 4.28. The number of ether oxygens (including phenoxy) is 1. The molecule has 1 fully saturated rings. The van der Waals surface area contributed by atoms with Gasteiger partial charge in [0.05, 0.1) is 11.8 Å². The van der Waals surface area contributed by atoms with Crippen molar-refractivity contribution in [3.63, 3.8) is 0 Å². The standard InChI is InChI=1S/C14H21FN2O3S/c1-4-20-12-8-11(14(12,2)3)17-21(18,19)10-7-5-6-9(15)13(10)16/h5-7,11-12,17H,4,8,16H2,1-3H3. The molecule has 1 saturated carbocycles. The van der Waals surface area contributed by atoms with Crippen LogP contribution in [0, 0.1) is 11.2 Å². The third-order valence-corrected chi connectivity index (χ3v) is 5.68. The van der Waals surface area contributed by atoms with Crippen LogP contribution in [0.5, 0.6) is 0 Å². The van der Waals surface area contributed by atoms with Gasteiger partial charge in [-0.1, -0.05) is 19.9 Å². The van der Waals surface area contributed by atoms with Gasteiger partial charge in [0.1, 0.15) is 10.7 Å². The van der Waals surface area contributed by atoms with E-state index in [1.165, 1.54) is 12.1 Å². The fourth-order valence-corrected chi connectivity index (χ4v) is 4.12. The second-order valence-corrected chi connectivity index (χ2v) is 7.51. The number of hydrogen-bond acceptors (Lipinski definition) is 4. The van der Waals surface area contributed by atoms with Gasteiger partial charge in [0, 0.05) is 18.1 Å². The highest BCUT2D eigenvalue weighted by Crippen LogP contribution is 2.43. The molecule has 2 unspecified atom stereocenters. The van der Waals surface area contributed by atoms with Crippen LogP contribution >= 0.6 is 0 Å². The van der Waals surface area contributed by atoms with Crippen molar-refractivity contribution in [1.29, 1.82) is 0 Å². The molecule has 0 bridgehead atoms. The van der Waals surface area contributed by atoms with E-state index in [1.807, 2.05) is 20.8 Å². The molecule has 0 radical (unpaired) electrons. The molecule has 0 saturated heterocycles. The highest BCUT2D eigenvalue weighted by atomic mass is 32.2. The van der Waals surface area contributed by atoms with Crippen molar-refractivity contribution in [2.45, 2.75) is 44.2 Å². The number of nitrogen functional groups attached to an aromatic ring is 1. The molecule has 2 rings (SSSR count). The van der Waals surface area contributed by atoms with Gasteiger partial charge in [-0.3, -0.25) is 0 Å². The van der Waals surface area contributed by atoms with Crippen molar-refractivity contribution in [3.05, 3.63) is 24.0 Å². The van der Waals surface area contributed by atoms with E-state index < -0.39 is 15.8 Å². The Morgan fingerprint density at radius 2 is 2.14 bits per heavy atom. The maximum atomic E-state index is 13.4. The molecule has 1 aromatic rings. The van der Waals surface area contributed by atoms with E-state index in [4.69, 9.17) is 10.5 Å². The summed E-state index contributed by atoms with van der Waals surface area (Å²) in [7, 11) is -3.85. The predicted octanol–water partition coefficient (Wildman–Crippen LogP) is 1.89. The van der Waals surface area contributed by atoms with E-state index >= 15 is 0 Å². The first-order valence-electron chi connectivity index (χ1n) is 6.88.